The number of hydrogen-bond acceptors (Lipinski definition) is 4. The van der Waals surface area contributed by atoms with E-state index in [2.05, 4.69) is 40.4 Å². The van der Waals surface area contributed by atoms with Gasteiger partial charge in [-0.25, -0.2) is 9.38 Å². The van der Waals surface area contributed by atoms with Crippen molar-refractivity contribution in [2.75, 3.05) is 20.2 Å². The number of nitrogens with one attached hydrogen (secondary N) is 2. The zero-order valence-corrected chi connectivity index (χ0v) is 17.4. The van der Waals surface area contributed by atoms with Gasteiger partial charge in [0, 0.05) is 31.9 Å². The molecular formula is C24H27FN4O. The third kappa shape index (κ3) is 5.64. The van der Waals surface area contributed by atoms with E-state index in [9.17, 15) is 4.39 Å². The van der Waals surface area contributed by atoms with Gasteiger partial charge in [0.15, 0.2) is 0 Å². The number of likely N-dealkylation sites (N-methyl/N-ethyl adjacent to an activating group) is 1. The van der Waals surface area contributed by atoms with Crippen molar-refractivity contribution in [1.82, 2.24) is 15.6 Å². The maximum absolute atomic E-state index is 13.5. The first-order valence-corrected chi connectivity index (χ1v) is 9.90. The number of nitrogens with zero attached hydrogens (tertiary/aromatic N) is 2. The van der Waals surface area contributed by atoms with Crippen molar-refractivity contribution >= 4 is 17.6 Å². The van der Waals surface area contributed by atoms with Crippen molar-refractivity contribution in [3.63, 3.8) is 0 Å². The molecule has 3 rings (SSSR count). The first-order chi connectivity index (χ1) is 14.6. The molecule has 5 nitrogen and oxygen atoms in total. The lowest BCUT2D eigenvalue weighted by Gasteiger charge is -2.13. The number of allylic oxidation sites excluding steroid dienone is 3. The van der Waals surface area contributed by atoms with Gasteiger partial charge in [0.2, 0.25) is 0 Å². The summed E-state index contributed by atoms with van der Waals surface area (Å²) in [4.78, 5) is 9.27. The number of ether oxygens (including phenoxy) is 1. The lowest BCUT2D eigenvalue weighted by Crippen LogP contribution is -2.25. The molecule has 2 aromatic rings. The maximum atomic E-state index is 13.5. The molecule has 6 heteroatoms. The van der Waals surface area contributed by atoms with Crippen LogP contribution in [0.15, 0.2) is 65.8 Å². The molecule has 1 aromatic carbocycles. The van der Waals surface area contributed by atoms with Crippen LogP contribution in [0, 0.1) is 12.7 Å². The number of rotatable bonds is 9. The molecule has 0 fully saturated rings. The van der Waals surface area contributed by atoms with E-state index in [-0.39, 0.29) is 12.4 Å². The zero-order chi connectivity index (χ0) is 21.3. The van der Waals surface area contributed by atoms with E-state index >= 15 is 0 Å². The van der Waals surface area contributed by atoms with E-state index in [4.69, 9.17) is 9.73 Å². The van der Waals surface area contributed by atoms with Crippen molar-refractivity contribution in [2.45, 2.75) is 19.9 Å². The fourth-order valence-corrected chi connectivity index (χ4v) is 3.06. The fraction of sp³-hybridized carbons (Fsp3) is 0.250. The van der Waals surface area contributed by atoms with Gasteiger partial charge in [-0.1, -0.05) is 36.5 Å². The van der Waals surface area contributed by atoms with Gasteiger partial charge in [0.05, 0.1) is 11.4 Å². The third-order valence-corrected chi connectivity index (χ3v) is 4.78. The SMILES string of the molecule is C=Cc1ccnc(CNCC2=CC=CC2)c1/N=C(/COc1ccc(F)c(C)c1)NC. The summed E-state index contributed by atoms with van der Waals surface area (Å²) >= 11 is 0. The molecule has 0 spiro atoms. The second-order valence-electron chi connectivity index (χ2n) is 6.97. The highest BCUT2D eigenvalue weighted by Gasteiger charge is 2.10. The standard InChI is InChI=1S/C24H27FN4O/c1-4-19-11-12-28-22(15-27-14-18-7-5-6-8-18)24(19)29-23(26-3)16-30-20-9-10-21(25)17(2)13-20/h4-7,9-13,27H,1,8,14-16H2,2-3H3,(H,26,29). The number of halogens is 1. The number of aromatic nitrogens is 1. The molecule has 1 aliphatic rings. The maximum Gasteiger partial charge on any atom is 0.145 e. The number of benzene rings is 1. The molecule has 1 aromatic heterocycles. The van der Waals surface area contributed by atoms with E-state index in [1.807, 2.05) is 6.07 Å². The fourth-order valence-electron chi connectivity index (χ4n) is 3.06. The number of aliphatic imine (C=N–C) groups is 1. The minimum Gasteiger partial charge on any atom is -0.486 e. The van der Waals surface area contributed by atoms with Gasteiger partial charge in [-0.2, -0.15) is 0 Å². The molecule has 0 amide bonds. The van der Waals surface area contributed by atoms with Gasteiger partial charge >= 0.3 is 0 Å². The summed E-state index contributed by atoms with van der Waals surface area (Å²) in [7, 11) is 1.79. The molecule has 0 aliphatic heterocycles. The van der Waals surface area contributed by atoms with Crippen molar-refractivity contribution in [3.8, 4) is 5.75 Å². The van der Waals surface area contributed by atoms with Gasteiger partial charge < -0.3 is 15.4 Å². The molecule has 156 valence electrons. The second-order valence-corrected chi connectivity index (χ2v) is 6.97. The van der Waals surface area contributed by atoms with Crippen LogP contribution < -0.4 is 15.4 Å². The van der Waals surface area contributed by atoms with Crippen LogP contribution in [-0.2, 0) is 6.54 Å². The van der Waals surface area contributed by atoms with Crippen molar-refractivity contribution in [1.29, 1.82) is 0 Å². The van der Waals surface area contributed by atoms with Crippen molar-refractivity contribution in [2.24, 2.45) is 4.99 Å². The number of aryl methyl sites for hydroxylation is 1. The lowest BCUT2D eigenvalue weighted by molar-refractivity contribution is 0.372. The van der Waals surface area contributed by atoms with E-state index in [1.54, 1.807) is 38.4 Å². The predicted molar refractivity (Wildman–Crippen MR) is 121 cm³/mol. The third-order valence-electron chi connectivity index (χ3n) is 4.78. The lowest BCUT2D eigenvalue weighted by atomic mass is 10.1. The smallest absolute Gasteiger partial charge is 0.145 e. The Morgan fingerprint density at radius 1 is 1.33 bits per heavy atom. The largest absolute Gasteiger partial charge is 0.486 e. The quantitative estimate of drug-likeness (QED) is 0.476. The van der Waals surface area contributed by atoms with Crippen LogP contribution in [0.25, 0.3) is 6.08 Å². The minimum absolute atomic E-state index is 0.221. The summed E-state index contributed by atoms with van der Waals surface area (Å²) in [5.41, 5.74) is 4.37. The number of amidine groups is 1. The van der Waals surface area contributed by atoms with Gasteiger partial charge in [-0.15, -0.1) is 0 Å². The number of hydrogen-bond donors (Lipinski definition) is 2. The molecule has 0 saturated heterocycles. The van der Waals surface area contributed by atoms with Gasteiger partial charge in [-0.05, 0) is 43.2 Å². The molecule has 0 radical (unpaired) electrons. The van der Waals surface area contributed by atoms with E-state index in [0.717, 1.165) is 29.9 Å². The van der Waals surface area contributed by atoms with Crippen LogP contribution in [0.4, 0.5) is 10.1 Å². The first-order valence-electron chi connectivity index (χ1n) is 9.90. The number of pyridine rings is 1. The highest BCUT2D eigenvalue weighted by Crippen LogP contribution is 2.24. The van der Waals surface area contributed by atoms with Crippen LogP contribution in [-0.4, -0.2) is 31.0 Å². The summed E-state index contributed by atoms with van der Waals surface area (Å²) in [5, 5.41) is 6.51. The van der Waals surface area contributed by atoms with Crippen LogP contribution in [0.1, 0.15) is 23.2 Å². The van der Waals surface area contributed by atoms with Gasteiger partial charge in [-0.3, -0.25) is 4.98 Å². The Bertz CT molecular complexity index is 995. The predicted octanol–water partition coefficient (Wildman–Crippen LogP) is 4.48. The van der Waals surface area contributed by atoms with Crippen LogP contribution in [0.2, 0.25) is 0 Å². The minimum atomic E-state index is -0.253. The van der Waals surface area contributed by atoms with Crippen molar-refractivity contribution in [3.05, 3.63) is 83.5 Å². The van der Waals surface area contributed by atoms with E-state index in [1.165, 1.54) is 11.6 Å². The first kappa shape index (κ1) is 21.5. The summed E-state index contributed by atoms with van der Waals surface area (Å²) in [5.74, 6) is 0.974. The normalized spacial score (nSPS) is 13.3. The molecule has 1 heterocycles. The van der Waals surface area contributed by atoms with Crippen LogP contribution in [0.5, 0.6) is 5.75 Å². The molecule has 0 unspecified atom stereocenters. The molecular weight excluding hydrogens is 379 g/mol. The summed E-state index contributed by atoms with van der Waals surface area (Å²) < 4.78 is 19.3. The molecule has 0 bridgehead atoms. The molecule has 0 atom stereocenters. The summed E-state index contributed by atoms with van der Waals surface area (Å²) in [6.07, 6.45) is 10.9. The van der Waals surface area contributed by atoms with Crippen LogP contribution in [0.3, 0.4) is 0 Å². The molecule has 0 saturated carbocycles. The molecule has 1 aliphatic carbocycles. The zero-order valence-electron chi connectivity index (χ0n) is 17.4. The highest BCUT2D eigenvalue weighted by atomic mass is 19.1. The van der Waals surface area contributed by atoms with E-state index < -0.39 is 0 Å². The summed E-state index contributed by atoms with van der Waals surface area (Å²) in [6.45, 7) is 7.22. The highest BCUT2D eigenvalue weighted by molar-refractivity contribution is 5.87. The van der Waals surface area contributed by atoms with Gasteiger partial charge in [0.25, 0.3) is 0 Å². The molecule has 30 heavy (non-hydrogen) atoms. The van der Waals surface area contributed by atoms with Crippen molar-refractivity contribution < 1.29 is 9.13 Å². The Morgan fingerprint density at radius 2 is 2.20 bits per heavy atom. The Morgan fingerprint density at radius 3 is 2.90 bits per heavy atom. The van der Waals surface area contributed by atoms with E-state index in [0.29, 0.717) is 23.7 Å². The Hall–Kier alpha value is -3.25. The Labute approximate surface area is 177 Å². The van der Waals surface area contributed by atoms with Crippen LogP contribution >= 0.6 is 0 Å². The monoisotopic (exact) mass is 406 g/mol. The average Bonchev–Trinajstić information content (AvgIpc) is 3.27. The molecule has 2 N–H and O–H groups in total. The van der Waals surface area contributed by atoms with Gasteiger partial charge in [0.1, 0.15) is 24.0 Å². The Kier molecular flexibility index (Phi) is 7.51. The second kappa shape index (κ2) is 10.5. The average molecular weight is 407 g/mol. The topological polar surface area (TPSA) is 58.5 Å². The summed E-state index contributed by atoms with van der Waals surface area (Å²) in [6, 6.07) is 6.56. The Balaban J connectivity index is 1.74.